The highest BCUT2D eigenvalue weighted by molar-refractivity contribution is 6.33. The third-order valence-electron chi connectivity index (χ3n) is 1.84. The minimum absolute atomic E-state index is 0. The van der Waals surface area contributed by atoms with E-state index in [0.717, 1.165) is 5.65 Å². The van der Waals surface area contributed by atoms with Crippen LogP contribution < -0.4 is 5.73 Å². The molecule has 0 aromatic carbocycles. The first kappa shape index (κ1) is 12.2. The maximum atomic E-state index is 5.85. The summed E-state index contributed by atoms with van der Waals surface area (Å²) in [4.78, 5) is 12.1. The number of halogens is 2. The molecule has 7 heteroatoms. The summed E-state index contributed by atoms with van der Waals surface area (Å²) in [7, 11) is 0. The van der Waals surface area contributed by atoms with Crippen molar-refractivity contribution in [2.24, 2.45) is 5.73 Å². The van der Waals surface area contributed by atoms with Gasteiger partial charge in [-0.1, -0.05) is 11.6 Å². The molecule has 1 unspecified atom stereocenters. The summed E-state index contributed by atoms with van der Waals surface area (Å²) >= 11 is 5.85. The molecule has 0 aliphatic carbocycles. The molecule has 0 radical (unpaired) electrons. The zero-order valence-electron chi connectivity index (χ0n) is 8.09. The second-order valence-electron chi connectivity index (χ2n) is 3.21. The van der Waals surface area contributed by atoms with E-state index in [0.29, 0.717) is 17.2 Å². The van der Waals surface area contributed by atoms with E-state index in [4.69, 9.17) is 17.3 Å². The highest BCUT2D eigenvalue weighted by atomic mass is 35.5. The lowest BCUT2D eigenvalue weighted by atomic mass is 10.3. The van der Waals surface area contributed by atoms with E-state index in [2.05, 4.69) is 15.0 Å². The quantitative estimate of drug-likeness (QED) is 0.812. The van der Waals surface area contributed by atoms with Crippen LogP contribution in [0, 0.1) is 0 Å². The average molecular weight is 248 g/mol. The minimum Gasteiger partial charge on any atom is -0.326 e. The van der Waals surface area contributed by atoms with Gasteiger partial charge in [0.05, 0.1) is 6.33 Å². The van der Waals surface area contributed by atoms with E-state index in [1.807, 2.05) is 11.5 Å². The summed E-state index contributed by atoms with van der Waals surface area (Å²) in [6.45, 7) is 2.60. The Balaban J connectivity index is 0.00000112. The fourth-order valence-electron chi connectivity index (χ4n) is 1.30. The lowest BCUT2D eigenvalue weighted by Gasteiger charge is -2.05. The summed E-state index contributed by atoms with van der Waals surface area (Å²) in [5, 5.41) is 0.374. The Morgan fingerprint density at radius 3 is 2.87 bits per heavy atom. The normalized spacial score (nSPS) is 12.5. The topological polar surface area (TPSA) is 69.6 Å². The van der Waals surface area contributed by atoms with Crippen LogP contribution >= 0.6 is 24.0 Å². The molecule has 2 aromatic heterocycles. The molecule has 2 rings (SSSR count). The Hall–Kier alpha value is -0.910. The molecule has 0 spiro atoms. The van der Waals surface area contributed by atoms with Gasteiger partial charge in [0.25, 0.3) is 0 Å². The molecular formula is C8H11Cl2N5. The number of nitrogens with two attached hydrogens (primary N) is 1. The summed E-state index contributed by atoms with van der Waals surface area (Å²) in [5.74, 6) is 0. The van der Waals surface area contributed by atoms with Crippen molar-refractivity contribution in [2.45, 2.75) is 19.5 Å². The van der Waals surface area contributed by atoms with E-state index >= 15 is 0 Å². The van der Waals surface area contributed by atoms with Crippen LogP contribution in [0.4, 0.5) is 0 Å². The highest BCUT2D eigenvalue weighted by Crippen LogP contribution is 2.16. The van der Waals surface area contributed by atoms with Crippen molar-refractivity contribution in [2.75, 3.05) is 0 Å². The van der Waals surface area contributed by atoms with Gasteiger partial charge >= 0.3 is 0 Å². The largest absolute Gasteiger partial charge is 0.326 e. The predicted octanol–water partition coefficient (Wildman–Crippen LogP) is 1.25. The zero-order valence-corrected chi connectivity index (χ0v) is 9.66. The lowest BCUT2D eigenvalue weighted by Crippen LogP contribution is -2.21. The van der Waals surface area contributed by atoms with Crippen LogP contribution in [0.1, 0.15) is 6.92 Å². The third kappa shape index (κ3) is 2.37. The molecule has 0 amide bonds. The van der Waals surface area contributed by atoms with Crippen LogP contribution in [-0.4, -0.2) is 25.6 Å². The lowest BCUT2D eigenvalue weighted by molar-refractivity contribution is 0.598. The fourth-order valence-corrected chi connectivity index (χ4v) is 1.47. The van der Waals surface area contributed by atoms with Crippen LogP contribution in [0.5, 0.6) is 0 Å². The van der Waals surface area contributed by atoms with Gasteiger partial charge in [-0.05, 0) is 6.92 Å². The smallest absolute Gasteiger partial charge is 0.164 e. The van der Waals surface area contributed by atoms with Crippen LogP contribution in [0.25, 0.3) is 11.2 Å². The van der Waals surface area contributed by atoms with Crippen LogP contribution in [-0.2, 0) is 6.54 Å². The van der Waals surface area contributed by atoms with Crippen molar-refractivity contribution in [3.8, 4) is 0 Å². The summed E-state index contributed by atoms with van der Waals surface area (Å²) in [6.07, 6.45) is 3.10. The summed E-state index contributed by atoms with van der Waals surface area (Å²) < 4.78 is 1.87. The van der Waals surface area contributed by atoms with Gasteiger partial charge in [0.1, 0.15) is 11.8 Å². The van der Waals surface area contributed by atoms with E-state index in [1.165, 1.54) is 6.33 Å². The molecule has 82 valence electrons. The van der Waals surface area contributed by atoms with E-state index in [1.54, 1.807) is 6.33 Å². The van der Waals surface area contributed by atoms with Gasteiger partial charge in [-0.3, -0.25) is 0 Å². The van der Waals surface area contributed by atoms with E-state index < -0.39 is 0 Å². The van der Waals surface area contributed by atoms with E-state index in [-0.39, 0.29) is 18.4 Å². The first-order valence-corrected chi connectivity index (χ1v) is 4.63. The van der Waals surface area contributed by atoms with Gasteiger partial charge in [-0.2, -0.15) is 0 Å². The third-order valence-corrected chi connectivity index (χ3v) is 2.12. The maximum Gasteiger partial charge on any atom is 0.164 e. The van der Waals surface area contributed by atoms with Gasteiger partial charge < -0.3 is 10.3 Å². The monoisotopic (exact) mass is 247 g/mol. The Morgan fingerprint density at radius 1 is 1.47 bits per heavy atom. The molecule has 2 heterocycles. The minimum atomic E-state index is 0. The molecule has 1 atom stereocenters. The van der Waals surface area contributed by atoms with Crippen molar-refractivity contribution in [1.82, 2.24) is 19.5 Å². The summed E-state index contributed by atoms with van der Waals surface area (Å²) in [6, 6.07) is 0.0566. The SMILES string of the molecule is CC(N)Cn1cnc2c(Cl)ncnc21.Cl. The molecule has 15 heavy (non-hydrogen) atoms. The van der Waals surface area contributed by atoms with Crippen LogP contribution in [0.2, 0.25) is 5.15 Å². The second kappa shape index (κ2) is 4.74. The first-order valence-electron chi connectivity index (χ1n) is 4.25. The Kier molecular flexibility index (Phi) is 3.84. The van der Waals surface area contributed by atoms with Crippen molar-refractivity contribution in [3.63, 3.8) is 0 Å². The molecule has 0 aliphatic rings. The molecule has 0 saturated heterocycles. The number of hydrogen-bond acceptors (Lipinski definition) is 4. The van der Waals surface area contributed by atoms with Gasteiger partial charge in [0, 0.05) is 12.6 Å². The molecule has 2 N–H and O–H groups in total. The summed E-state index contributed by atoms with van der Waals surface area (Å²) in [5.41, 5.74) is 7.03. The Morgan fingerprint density at radius 2 is 2.20 bits per heavy atom. The van der Waals surface area contributed by atoms with Crippen molar-refractivity contribution in [3.05, 3.63) is 17.8 Å². The molecule has 0 aliphatic heterocycles. The standard InChI is InChI=1S/C8H10ClN5.ClH/c1-5(10)2-14-4-13-6-7(9)11-3-12-8(6)14;/h3-5H,2,10H2,1H3;1H. The molecular weight excluding hydrogens is 237 g/mol. The fraction of sp³-hybridized carbons (Fsp3) is 0.375. The van der Waals surface area contributed by atoms with Crippen molar-refractivity contribution >= 4 is 35.2 Å². The Bertz CT molecular complexity index is 453. The van der Waals surface area contributed by atoms with Gasteiger partial charge in [-0.25, -0.2) is 15.0 Å². The second-order valence-corrected chi connectivity index (χ2v) is 3.57. The molecule has 2 aromatic rings. The number of hydrogen-bond donors (Lipinski definition) is 1. The van der Waals surface area contributed by atoms with Gasteiger partial charge in [0.15, 0.2) is 10.8 Å². The number of aromatic nitrogens is 4. The van der Waals surface area contributed by atoms with E-state index in [9.17, 15) is 0 Å². The molecule has 0 fully saturated rings. The first-order chi connectivity index (χ1) is 6.68. The number of imidazole rings is 1. The van der Waals surface area contributed by atoms with Gasteiger partial charge in [-0.15, -0.1) is 12.4 Å². The van der Waals surface area contributed by atoms with Gasteiger partial charge in [0.2, 0.25) is 0 Å². The van der Waals surface area contributed by atoms with Crippen LogP contribution in [0.3, 0.4) is 0 Å². The number of nitrogens with zero attached hydrogens (tertiary/aromatic N) is 4. The van der Waals surface area contributed by atoms with Crippen molar-refractivity contribution in [1.29, 1.82) is 0 Å². The average Bonchev–Trinajstić information content (AvgIpc) is 2.49. The number of fused-ring (bicyclic) bond motifs is 1. The molecule has 5 nitrogen and oxygen atoms in total. The maximum absolute atomic E-state index is 5.85. The zero-order chi connectivity index (χ0) is 10.1. The predicted molar refractivity (Wildman–Crippen MR) is 61.2 cm³/mol. The molecule has 0 saturated carbocycles. The molecule has 0 bridgehead atoms. The Labute approximate surface area is 98.1 Å². The highest BCUT2D eigenvalue weighted by Gasteiger charge is 2.08. The van der Waals surface area contributed by atoms with Crippen LogP contribution in [0.15, 0.2) is 12.7 Å². The van der Waals surface area contributed by atoms with Crippen molar-refractivity contribution < 1.29 is 0 Å². The number of rotatable bonds is 2.